The van der Waals surface area contributed by atoms with Crippen LogP contribution in [0.3, 0.4) is 0 Å². The molecule has 2 rings (SSSR count). The van der Waals surface area contributed by atoms with Crippen molar-refractivity contribution in [1.29, 1.82) is 0 Å². The second-order valence-corrected chi connectivity index (χ2v) is 4.63. The van der Waals surface area contributed by atoms with Gasteiger partial charge in [0.15, 0.2) is 11.6 Å². The molecule has 7 heteroatoms. The van der Waals surface area contributed by atoms with Crippen molar-refractivity contribution >= 4 is 24.8 Å². The average molecular weight is 341 g/mol. The maximum atomic E-state index is 13.5. The largest absolute Gasteiger partial charge is 0.505 e. The third-order valence-corrected chi connectivity index (χ3v) is 3.44. The number of piperazine rings is 1. The van der Waals surface area contributed by atoms with E-state index >= 15 is 0 Å². The highest BCUT2D eigenvalue weighted by atomic mass is 35.5. The number of nitrogens with one attached hydrogen (secondary N) is 1. The Morgan fingerprint density at radius 3 is 2.48 bits per heavy atom. The second kappa shape index (κ2) is 9.20. The molecule has 1 aliphatic rings. The van der Waals surface area contributed by atoms with Gasteiger partial charge in [-0.25, -0.2) is 4.39 Å². The lowest BCUT2D eigenvalue weighted by molar-refractivity contribution is 0.171. The van der Waals surface area contributed by atoms with Gasteiger partial charge in [0, 0.05) is 37.8 Å². The molecule has 1 aliphatic heterocycles. The van der Waals surface area contributed by atoms with E-state index in [1.165, 1.54) is 6.07 Å². The molecule has 120 valence electrons. The van der Waals surface area contributed by atoms with Crippen LogP contribution in [0.4, 0.5) is 8.78 Å². The van der Waals surface area contributed by atoms with E-state index in [9.17, 15) is 13.9 Å². The molecule has 0 unspecified atom stereocenters. The molecule has 1 saturated heterocycles. The van der Waals surface area contributed by atoms with Crippen LogP contribution >= 0.6 is 24.8 Å². The summed E-state index contributed by atoms with van der Waals surface area (Å²) >= 11 is 0. The molecular formula is C14H20Cl2F2N2O. The third kappa shape index (κ3) is 4.54. The van der Waals surface area contributed by atoms with Gasteiger partial charge in [0.1, 0.15) is 0 Å². The van der Waals surface area contributed by atoms with Crippen molar-refractivity contribution in [2.24, 2.45) is 0 Å². The molecule has 0 aromatic heterocycles. The molecule has 0 aliphatic carbocycles. The van der Waals surface area contributed by atoms with Crippen molar-refractivity contribution in [2.45, 2.75) is 12.5 Å². The van der Waals surface area contributed by atoms with Gasteiger partial charge in [-0.1, -0.05) is 12.1 Å². The van der Waals surface area contributed by atoms with Gasteiger partial charge in [-0.2, -0.15) is 4.39 Å². The third-order valence-electron chi connectivity index (χ3n) is 3.44. The standard InChI is InChI=1S/C14H18F2N2O.2ClH/c1-2-3-12(18-8-6-17-7-9-18)10-4-5-11(15)13(16)14(10)19;;/h2,4-5,12,17,19H,1,3,6-9H2;2*1H/t12-;;/m0../s1. The smallest absolute Gasteiger partial charge is 0.200 e. The van der Waals surface area contributed by atoms with E-state index in [2.05, 4.69) is 16.8 Å². The van der Waals surface area contributed by atoms with Crippen LogP contribution in [0.2, 0.25) is 0 Å². The molecule has 1 aromatic rings. The van der Waals surface area contributed by atoms with Crippen molar-refractivity contribution in [1.82, 2.24) is 10.2 Å². The first kappa shape index (κ1) is 20.1. The molecular weight excluding hydrogens is 321 g/mol. The zero-order valence-electron chi connectivity index (χ0n) is 11.5. The molecule has 1 aromatic carbocycles. The van der Waals surface area contributed by atoms with E-state index in [1.807, 2.05) is 0 Å². The summed E-state index contributed by atoms with van der Waals surface area (Å²) in [5, 5.41) is 13.0. The normalized spacial score (nSPS) is 16.5. The van der Waals surface area contributed by atoms with Gasteiger partial charge < -0.3 is 10.4 Å². The highest BCUT2D eigenvalue weighted by molar-refractivity contribution is 5.85. The highest BCUT2D eigenvalue weighted by Gasteiger charge is 2.25. The zero-order chi connectivity index (χ0) is 13.8. The summed E-state index contributed by atoms with van der Waals surface area (Å²) in [5.74, 6) is -2.80. The number of hydrogen-bond acceptors (Lipinski definition) is 3. The van der Waals surface area contributed by atoms with Crippen LogP contribution in [-0.2, 0) is 0 Å². The van der Waals surface area contributed by atoms with Gasteiger partial charge >= 0.3 is 0 Å². The summed E-state index contributed by atoms with van der Waals surface area (Å²) in [6.45, 7) is 6.99. The molecule has 1 fully saturated rings. The van der Waals surface area contributed by atoms with Gasteiger partial charge in [0.05, 0.1) is 0 Å². The minimum atomic E-state index is -1.18. The molecule has 1 atom stereocenters. The zero-order valence-corrected chi connectivity index (χ0v) is 13.2. The molecule has 0 amide bonds. The number of benzene rings is 1. The number of phenolic OH excluding ortho intramolecular Hbond substituents is 1. The van der Waals surface area contributed by atoms with Crippen molar-refractivity contribution in [2.75, 3.05) is 26.2 Å². The van der Waals surface area contributed by atoms with Crippen LogP contribution in [0.25, 0.3) is 0 Å². The van der Waals surface area contributed by atoms with E-state index in [1.54, 1.807) is 6.08 Å². The van der Waals surface area contributed by atoms with Crippen molar-refractivity contribution in [3.05, 3.63) is 42.0 Å². The van der Waals surface area contributed by atoms with Gasteiger partial charge in [-0.05, 0) is 12.5 Å². The fourth-order valence-electron chi connectivity index (χ4n) is 2.45. The SMILES string of the molecule is C=CC[C@@H](c1ccc(F)c(F)c1O)N1CCNCC1.Cl.Cl. The number of hydrogen-bond donors (Lipinski definition) is 2. The molecule has 0 saturated carbocycles. The number of nitrogens with zero attached hydrogens (tertiary/aromatic N) is 1. The first-order chi connectivity index (χ1) is 9.15. The fraction of sp³-hybridized carbons (Fsp3) is 0.429. The number of halogens is 4. The van der Waals surface area contributed by atoms with Gasteiger partial charge in [-0.3, -0.25) is 4.90 Å². The Kier molecular flexibility index (Phi) is 8.82. The van der Waals surface area contributed by atoms with Crippen molar-refractivity contribution < 1.29 is 13.9 Å². The van der Waals surface area contributed by atoms with E-state index in [-0.39, 0.29) is 30.9 Å². The van der Waals surface area contributed by atoms with Gasteiger partial charge in [-0.15, -0.1) is 31.4 Å². The van der Waals surface area contributed by atoms with Crippen LogP contribution in [0.1, 0.15) is 18.0 Å². The lowest BCUT2D eigenvalue weighted by atomic mass is 9.99. The Hall–Kier alpha value is -0.880. The van der Waals surface area contributed by atoms with Crippen molar-refractivity contribution in [3.63, 3.8) is 0 Å². The maximum absolute atomic E-state index is 13.5. The van der Waals surface area contributed by atoms with Crippen LogP contribution in [0.5, 0.6) is 5.75 Å². The summed E-state index contributed by atoms with van der Waals surface area (Å²) < 4.78 is 26.5. The first-order valence-corrected chi connectivity index (χ1v) is 6.37. The van der Waals surface area contributed by atoms with E-state index in [0.717, 1.165) is 32.2 Å². The second-order valence-electron chi connectivity index (χ2n) is 4.63. The molecule has 0 radical (unpaired) electrons. The van der Waals surface area contributed by atoms with E-state index in [4.69, 9.17) is 0 Å². The summed E-state index contributed by atoms with van der Waals surface area (Å²) in [6, 6.07) is 2.33. The monoisotopic (exact) mass is 340 g/mol. The summed E-state index contributed by atoms with van der Waals surface area (Å²) in [5.41, 5.74) is 0.417. The number of phenols is 1. The molecule has 2 N–H and O–H groups in total. The predicted molar refractivity (Wildman–Crippen MR) is 84.5 cm³/mol. The molecule has 21 heavy (non-hydrogen) atoms. The van der Waals surface area contributed by atoms with Gasteiger partial charge in [0.2, 0.25) is 5.82 Å². The van der Waals surface area contributed by atoms with Crippen LogP contribution in [-0.4, -0.2) is 36.2 Å². The minimum absolute atomic E-state index is 0. The van der Waals surface area contributed by atoms with Gasteiger partial charge in [0.25, 0.3) is 0 Å². The number of aromatic hydroxyl groups is 1. The molecule has 1 heterocycles. The minimum Gasteiger partial charge on any atom is -0.505 e. The topological polar surface area (TPSA) is 35.5 Å². The molecule has 0 spiro atoms. The Morgan fingerprint density at radius 1 is 1.29 bits per heavy atom. The first-order valence-electron chi connectivity index (χ1n) is 6.37. The average Bonchev–Trinajstić information content (AvgIpc) is 2.44. The Morgan fingerprint density at radius 2 is 1.90 bits per heavy atom. The van der Waals surface area contributed by atoms with Crippen molar-refractivity contribution in [3.8, 4) is 5.75 Å². The Balaban J connectivity index is 0.00000200. The Bertz CT molecular complexity index is 469. The number of rotatable bonds is 4. The predicted octanol–water partition coefficient (Wildman–Crippen LogP) is 3.04. The van der Waals surface area contributed by atoms with Crippen LogP contribution in [0.15, 0.2) is 24.8 Å². The lowest BCUT2D eigenvalue weighted by Gasteiger charge is -2.35. The maximum Gasteiger partial charge on any atom is 0.200 e. The van der Waals surface area contributed by atoms with Crippen LogP contribution < -0.4 is 5.32 Å². The summed E-state index contributed by atoms with van der Waals surface area (Å²) in [6.07, 6.45) is 2.31. The summed E-state index contributed by atoms with van der Waals surface area (Å²) in [4.78, 5) is 2.14. The van der Waals surface area contributed by atoms with E-state index in [0.29, 0.717) is 12.0 Å². The highest BCUT2D eigenvalue weighted by Crippen LogP contribution is 2.34. The molecule has 0 bridgehead atoms. The van der Waals surface area contributed by atoms with Crippen LogP contribution in [0, 0.1) is 11.6 Å². The quantitative estimate of drug-likeness (QED) is 0.827. The molecule has 3 nitrogen and oxygen atoms in total. The lowest BCUT2D eigenvalue weighted by Crippen LogP contribution is -2.45. The fourth-order valence-corrected chi connectivity index (χ4v) is 2.45. The van der Waals surface area contributed by atoms with E-state index < -0.39 is 17.4 Å². The Labute approximate surface area is 135 Å². The summed E-state index contributed by atoms with van der Waals surface area (Å²) in [7, 11) is 0.